The number of nitrogens with zero attached hydrogens (tertiary/aromatic N) is 2. The van der Waals surface area contributed by atoms with Crippen LogP contribution >= 0.6 is 0 Å². The monoisotopic (exact) mass is 410 g/mol. The molecule has 1 aromatic carbocycles. The van der Waals surface area contributed by atoms with E-state index in [-0.39, 0.29) is 11.5 Å². The van der Waals surface area contributed by atoms with E-state index in [4.69, 9.17) is 4.74 Å². The molecule has 0 aromatic heterocycles. The normalized spacial score (nSPS) is 13.6. The van der Waals surface area contributed by atoms with Gasteiger partial charge in [0.2, 0.25) is 0 Å². The summed E-state index contributed by atoms with van der Waals surface area (Å²) in [5, 5.41) is 11.5. The van der Waals surface area contributed by atoms with Crippen molar-refractivity contribution in [3.05, 3.63) is 39.4 Å². The molecule has 0 amide bonds. The molecule has 30 heavy (non-hydrogen) atoms. The molecule has 6 nitrogen and oxygen atoms in total. The molecular formula is C24H30N2O4. The quantitative estimate of drug-likeness (QED) is 0.192. The van der Waals surface area contributed by atoms with Crippen LogP contribution in [0.25, 0.3) is 0 Å². The van der Waals surface area contributed by atoms with Gasteiger partial charge in [-0.1, -0.05) is 37.3 Å². The highest BCUT2D eigenvalue weighted by Crippen LogP contribution is 2.23. The van der Waals surface area contributed by atoms with E-state index in [1.54, 1.807) is 12.1 Å². The maximum absolute atomic E-state index is 12.5. The predicted molar refractivity (Wildman–Crippen MR) is 117 cm³/mol. The lowest BCUT2D eigenvalue weighted by atomic mass is 10.0. The number of carbonyl (C=O) groups is 1. The molecule has 1 saturated heterocycles. The molecule has 6 heteroatoms. The summed E-state index contributed by atoms with van der Waals surface area (Å²) in [6.07, 6.45) is 5.11. The first-order chi connectivity index (χ1) is 14.6. The van der Waals surface area contributed by atoms with E-state index in [0.717, 1.165) is 58.5 Å². The van der Waals surface area contributed by atoms with Crippen LogP contribution in [0.15, 0.2) is 18.2 Å². The fourth-order valence-corrected chi connectivity index (χ4v) is 3.23. The molecule has 0 bridgehead atoms. The zero-order valence-corrected chi connectivity index (χ0v) is 17.7. The number of nitro benzene ring substituents is 1. The van der Waals surface area contributed by atoms with Crippen LogP contribution < -0.4 is 0 Å². The molecule has 0 N–H and O–H groups in total. The van der Waals surface area contributed by atoms with Gasteiger partial charge in [-0.2, -0.15) is 0 Å². The summed E-state index contributed by atoms with van der Waals surface area (Å²) in [6, 6.07) is 4.78. The van der Waals surface area contributed by atoms with Gasteiger partial charge in [0, 0.05) is 49.5 Å². The second-order valence-electron chi connectivity index (χ2n) is 7.29. The zero-order valence-electron chi connectivity index (χ0n) is 17.7. The summed E-state index contributed by atoms with van der Waals surface area (Å²) < 4.78 is 5.32. The maximum atomic E-state index is 12.5. The van der Waals surface area contributed by atoms with Gasteiger partial charge in [0.25, 0.3) is 5.69 Å². The molecule has 1 aliphatic heterocycles. The molecule has 0 atom stereocenters. The SMILES string of the molecule is CCCCC#CC#CCCc1ccc(C(=O)CCCN2CCOCC2)cc1[N+](=O)[O-]. The highest BCUT2D eigenvalue weighted by atomic mass is 16.6. The number of carbonyl (C=O) groups excluding carboxylic acids is 1. The van der Waals surface area contributed by atoms with Crippen molar-refractivity contribution in [1.29, 1.82) is 0 Å². The zero-order chi connectivity index (χ0) is 21.6. The van der Waals surface area contributed by atoms with Gasteiger partial charge in [0.15, 0.2) is 5.78 Å². The van der Waals surface area contributed by atoms with Gasteiger partial charge in [-0.15, -0.1) is 0 Å². The Balaban J connectivity index is 1.88. The second kappa shape index (κ2) is 13.5. The van der Waals surface area contributed by atoms with Crippen molar-refractivity contribution in [2.24, 2.45) is 0 Å². The molecule has 1 aliphatic rings. The highest BCUT2D eigenvalue weighted by molar-refractivity contribution is 5.96. The van der Waals surface area contributed by atoms with Gasteiger partial charge >= 0.3 is 0 Å². The Labute approximate surface area is 179 Å². The van der Waals surface area contributed by atoms with E-state index in [1.165, 1.54) is 6.07 Å². The van der Waals surface area contributed by atoms with E-state index in [2.05, 4.69) is 35.5 Å². The molecule has 1 fully saturated rings. The summed E-state index contributed by atoms with van der Waals surface area (Å²) in [7, 11) is 0. The molecule has 1 aromatic rings. The number of nitro groups is 1. The van der Waals surface area contributed by atoms with Crippen LogP contribution in [-0.4, -0.2) is 48.5 Å². The topological polar surface area (TPSA) is 72.7 Å². The Morgan fingerprint density at radius 3 is 2.60 bits per heavy atom. The number of benzene rings is 1. The lowest BCUT2D eigenvalue weighted by Gasteiger charge is -2.26. The summed E-state index contributed by atoms with van der Waals surface area (Å²) in [4.78, 5) is 25.8. The number of hydrogen-bond acceptors (Lipinski definition) is 5. The van der Waals surface area contributed by atoms with Crippen molar-refractivity contribution >= 4 is 11.5 Å². The molecule has 1 heterocycles. The standard InChI is InChI=1S/C24H30N2O4/c1-2-3-4-5-6-7-8-9-11-21-13-14-22(20-23(21)26(28)29)24(27)12-10-15-25-16-18-30-19-17-25/h13-14,20H,2-4,9-12,15-19H2,1H3. The Morgan fingerprint density at radius 2 is 1.90 bits per heavy atom. The summed E-state index contributed by atoms with van der Waals surface area (Å²) in [5.74, 6) is 11.5. The minimum absolute atomic E-state index is 0.00939. The first-order valence-electron chi connectivity index (χ1n) is 10.7. The Bertz CT molecular complexity index is 836. The number of morpholine rings is 1. The Kier molecular flexibility index (Phi) is 10.7. The molecule has 0 radical (unpaired) electrons. The van der Waals surface area contributed by atoms with Crippen molar-refractivity contribution < 1.29 is 14.5 Å². The van der Waals surface area contributed by atoms with Crippen LogP contribution in [0.1, 0.15) is 61.4 Å². The van der Waals surface area contributed by atoms with Crippen molar-refractivity contribution in [1.82, 2.24) is 4.90 Å². The fourth-order valence-electron chi connectivity index (χ4n) is 3.23. The largest absolute Gasteiger partial charge is 0.379 e. The first-order valence-corrected chi connectivity index (χ1v) is 10.7. The number of hydrogen-bond donors (Lipinski definition) is 0. The van der Waals surface area contributed by atoms with Gasteiger partial charge in [-0.25, -0.2) is 0 Å². The Morgan fingerprint density at radius 1 is 1.17 bits per heavy atom. The number of ether oxygens (including phenoxy) is 1. The third-order valence-electron chi connectivity index (χ3n) is 5.00. The first kappa shape index (κ1) is 23.6. The number of rotatable bonds is 10. The fraction of sp³-hybridized carbons (Fsp3) is 0.542. The second-order valence-corrected chi connectivity index (χ2v) is 7.29. The van der Waals surface area contributed by atoms with Gasteiger partial charge in [-0.3, -0.25) is 19.8 Å². The average Bonchev–Trinajstić information content (AvgIpc) is 2.76. The van der Waals surface area contributed by atoms with E-state index >= 15 is 0 Å². The summed E-state index contributed by atoms with van der Waals surface area (Å²) >= 11 is 0. The molecule has 0 spiro atoms. The van der Waals surface area contributed by atoms with Crippen LogP contribution in [0.4, 0.5) is 5.69 Å². The minimum Gasteiger partial charge on any atom is -0.379 e. The predicted octanol–water partition coefficient (Wildman–Crippen LogP) is 4.02. The van der Waals surface area contributed by atoms with Crippen molar-refractivity contribution in [3.8, 4) is 23.7 Å². The Hall–Kier alpha value is -2.67. The molecule has 2 rings (SSSR count). The van der Waals surface area contributed by atoms with Crippen molar-refractivity contribution in [2.45, 2.75) is 51.9 Å². The smallest absolute Gasteiger partial charge is 0.273 e. The molecule has 0 unspecified atom stereocenters. The van der Waals surface area contributed by atoms with Gasteiger partial charge in [-0.05, 0) is 37.6 Å². The van der Waals surface area contributed by atoms with Crippen LogP contribution in [0.3, 0.4) is 0 Å². The lowest BCUT2D eigenvalue weighted by Crippen LogP contribution is -2.36. The third kappa shape index (κ3) is 8.37. The van der Waals surface area contributed by atoms with E-state index in [1.807, 2.05) is 0 Å². The number of ketones is 1. The summed E-state index contributed by atoms with van der Waals surface area (Å²) in [6.45, 7) is 6.21. The van der Waals surface area contributed by atoms with E-state index in [9.17, 15) is 14.9 Å². The summed E-state index contributed by atoms with van der Waals surface area (Å²) in [5.41, 5.74) is 0.989. The van der Waals surface area contributed by atoms with Gasteiger partial charge < -0.3 is 4.74 Å². The van der Waals surface area contributed by atoms with Gasteiger partial charge in [0.1, 0.15) is 0 Å². The number of Topliss-reactive ketones (excluding diaryl/α,β-unsaturated/α-hetero) is 1. The molecule has 0 aliphatic carbocycles. The van der Waals surface area contributed by atoms with E-state index < -0.39 is 4.92 Å². The van der Waals surface area contributed by atoms with Crippen LogP contribution in [0.5, 0.6) is 0 Å². The highest BCUT2D eigenvalue weighted by Gasteiger charge is 2.17. The van der Waals surface area contributed by atoms with E-state index in [0.29, 0.717) is 30.4 Å². The minimum atomic E-state index is -0.419. The van der Waals surface area contributed by atoms with Gasteiger partial charge in [0.05, 0.1) is 18.1 Å². The third-order valence-corrected chi connectivity index (χ3v) is 5.00. The average molecular weight is 411 g/mol. The maximum Gasteiger partial charge on any atom is 0.273 e. The van der Waals surface area contributed by atoms with Crippen molar-refractivity contribution in [2.75, 3.05) is 32.8 Å². The number of aryl methyl sites for hydroxylation is 1. The van der Waals surface area contributed by atoms with Crippen LogP contribution in [-0.2, 0) is 11.2 Å². The molecule has 0 saturated carbocycles. The van der Waals surface area contributed by atoms with Crippen molar-refractivity contribution in [3.63, 3.8) is 0 Å². The number of unbranched alkanes of at least 4 members (excludes halogenated alkanes) is 2. The van der Waals surface area contributed by atoms with Crippen LogP contribution in [0, 0.1) is 33.8 Å². The molecule has 160 valence electrons. The van der Waals surface area contributed by atoms with Crippen LogP contribution in [0.2, 0.25) is 0 Å². The molecular weight excluding hydrogens is 380 g/mol. The lowest BCUT2D eigenvalue weighted by molar-refractivity contribution is -0.385.